The van der Waals surface area contributed by atoms with Gasteiger partial charge in [-0.05, 0) is 36.1 Å². The Morgan fingerprint density at radius 1 is 1.00 bits per heavy atom. The van der Waals surface area contributed by atoms with Crippen molar-refractivity contribution in [2.75, 3.05) is 0 Å². The van der Waals surface area contributed by atoms with Gasteiger partial charge in [-0.1, -0.05) is 38.1 Å². The molecule has 0 aliphatic heterocycles. The van der Waals surface area contributed by atoms with Gasteiger partial charge in [0.05, 0.1) is 6.54 Å². The van der Waals surface area contributed by atoms with E-state index in [-0.39, 0.29) is 0 Å². The highest BCUT2D eigenvalue weighted by atomic mass is 16.3. The molecule has 2 rings (SSSR count). The van der Waals surface area contributed by atoms with Crippen LogP contribution >= 0.6 is 0 Å². The van der Waals surface area contributed by atoms with E-state index in [0.717, 1.165) is 24.6 Å². The number of hydrogen-bond donors (Lipinski definition) is 1. The van der Waals surface area contributed by atoms with Crippen molar-refractivity contribution in [1.82, 2.24) is 5.32 Å². The van der Waals surface area contributed by atoms with Gasteiger partial charge >= 0.3 is 0 Å². The van der Waals surface area contributed by atoms with Crippen LogP contribution in [0.1, 0.15) is 42.4 Å². The fourth-order valence-corrected chi connectivity index (χ4v) is 1.93. The monoisotopic (exact) mass is 243 g/mol. The van der Waals surface area contributed by atoms with Crippen LogP contribution in [0.2, 0.25) is 0 Å². The maximum atomic E-state index is 5.51. The highest BCUT2D eigenvalue weighted by Gasteiger charge is 2.00. The third kappa shape index (κ3) is 3.47. The summed E-state index contributed by atoms with van der Waals surface area (Å²) >= 11 is 0. The molecule has 1 aromatic heterocycles. The van der Waals surface area contributed by atoms with E-state index >= 15 is 0 Å². The first-order valence-electron chi connectivity index (χ1n) is 6.50. The zero-order valence-electron chi connectivity index (χ0n) is 11.4. The van der Waals surface area contributed by atoms with Gasteiger partial charge in [-0.15, -0.1) is 0 Å². The number of rotatable bonds is 5. The molecule has 1 N–H and O–H groups in total. The molecule has 2 aromatic rings. The van der Waals surface area contributed by atoms with Crippen molar-refractivity contribution in [2.45, 2.75) is 39.8 Å². The van der Waals surface area contributed by atoms with Gasteiger partial charge in [-0.2, -0.15) is 0 Å². The fraction of sp³-hybridized carbons (Fsp3) is 0.375. The summed E-state index contributed by atoms with van der Waals surface area (Å²) in [4.78, 5) is 0. The van der Waals surface area contributed by atoms with Crippen LogP contribution in [0.5, 0.6) is 0 Å². The Kier molecular flexibility index (Phi) is 4.21. The molecule has 0 fully saturated rings. The molecule has 0 radical (unpaired) electrons. The van der Waals surface area contributed by atoms with E-state index in [1.807, 2.05) is 19.1 Å². The second-order valence-corrected chi connectivity index (χ2v) is 5.01. The minimum absolute atomic E-state index is 0.595. The number of aryl methyl sites for hydroxylation is 1. The highest BCUT2D eigenvalue weighted by molar-refractivity contribution is 5.24. The van der Waals surface area contributed by atoms with Gasteiger partial charge in [0, 0.05) is 6.54 Å². The molecule has 0 unspecified atom stereocenters. The largest absolute Gasteiger partial charge is 0.465 e. The van der Waals surface area contributed by atoms with Crippen molar-refractivity contribution < 1.29 is 4.42 Å². The van der Waals surface area contributed by atoms with Crippen molar-refractivity contribution in [3.63, 3.8) is 0 Å². The predicted octanol–water partition coefficient (Wildman–Crippen LogP) is 4.00. The Hall–Kier alpha value is -1.54. The lowest BCUT2D eigenvalue weighted by atomic mass is 10.0. The molecule has 0 saturated carbocycles. The standard InChI is InChI=1S/C16H21NO/c1-12(2)15-7-5-14(6-8-15)10-17-11-16-9-4-13(3)18-16/h4-9,12,17H,10-11H2,1-3H3. The lowest BCUT2D eigenvalue weighted by Crippen LogP contribution is -2.12. The van der Waals surface area contributed by atoms with Crippen LogP contribution in [0.25, 0.3) is 0 Å². The quantitative estimate of drug-likeness (QED) is 0.858. The lowest BCUT2D eigenvalue weighted by molar-refractivity contribution is 0.461. The molecule has 0 aliphatic carbocycles. The Labute approximate surface area is 109 Å². The Morgan fingerprint density at radius 3 is 2.28 bits per heavy atom. The van der Waals surface area contributed by atoms with E-state index in [1.54, 1.807) is 0 Å². The van der Waals surface area contributed by atoms with Gasteiger partial charge in [0.25, 0.3) is 0 Å². The average Bonchev–Trinajstić information content (AvgIpc) is 2.76. The minimum Gasteiger partial charge on any atom is -0.465 e. The number of furan rings is 1. The molecule has 1 aromatic carbocycles. The lowest BCUT2D eigenvalue weighted by Gasteiger charge is -2.07. The zero-order chi connectivity index (χ0) is 13.0. The van der Waals surface area contributed by atoms with Crippen LogP contribution < -0.4 is 5.32 Å². The summed E-state index contributed by atoms with van der Waals surface area (Å²) in [7, 11) is 0. The van der Waals surface area contributed by atoms with Gasteiger partial charge in [-0.25, -0.2) is 0 Å². The van der Waals surface area contributed by atoms with Crippen LogP contribution in [0, 0.1) is 6.92 Å². The number of benzene rings is 1. The predicted molar refractivity (Wildman–Crippen MR) is 74.5 cm³/mol. The van der Waals surface area contributed by atoms with Crippen molar-refractivity contribution in [3.8, 4) is 0 Å². The van der Waals surface area contributed by atoms with Crippen LogP contribution in [0.4, 0.5) is 0 Å². The molecule has 0 spiro atoms. The summed E-state index contributed by atoms with van der Waals surface area (Å²) in [6.45, 7) is 8.05. The molecule has 96 valence electrons. The molecule has 0 atom stereocenters. The van der Waals surface area contributed by atoms with Gasteiger partial charge in [0.1, 0.15) is 11.5 Å². The van der Waals surface area contributed by atoms with Gasteiger partial charge in [0.15, 0.2) is 0 Å². The second kappa shape index (κ2) is 5.87. The molecule has 0 amide bonds. The first-order valence-corrected chi connectivity index (χ1v) is 6.50. The molecule has 2 heteroatoms. The summed E-state index contributed by atoms with van der Waals surface area (Å²) in [5.74, 6) is 2.55. The van der Waals surface area contributed by atoms with Crippen LogP contribution in [-0.2, 0) is 13.1 Å². The SMILES string of the molecule is Cc1ccc(CNCc2ccc(C(C)C)cc2)o1. The summed E-state index contributed by atoms with van der Waals surface area (Å²) in [5, 5.41) is 3.39. The summed E-state index contributed by atoms with van der Waals surface area (Å²) in [5.41, 5.74) is 2.70. The molecule has 0 bridgehead atoms. The van der Waals surface area contributed by atoms with Crippen LogP contribution in [0.15, 0.2) is 40.8 Å². The first-order chi connectivity index (χ1) is 8.65. The molecule has 1 heterocycles. The van der Waals surface area contributed by atoms with Gasteiger partial charge < -0.3 is 9.73 Å². The van der Waals surface area contributed by atoms with E-state index in [0.29, 0.717) is 5.92 Å². The number of nitrogens with one attached hydrogen (secondary N) is 1. The van der Waals surface area contributed by atoms with Gasteiger partial charge in [-0.3, -0.25) is 0 Å². The van der Waals surface area contributed by atoms with Crippen molar-refractivity contribution in [2.24, 2.45) is 0 Å². The van der Waals surface area contributed by atoms with Crippen molar-refractivity contribution in [1.29, 1.82) is 0 Å². The van der Waals surface area contributed by atoms with E-state index < -0.39 is 0 Å². The summed E-state index contributed by atoms with van der Waals surface area (Å²) in [6.07, 6.45) is 0. The topological polar surface area (TPSA) is 25.2 Å². The van der Waals surface area contributed by atoms with Crippen LogP contribution in [0.3, 0.4) is 0 Å². The normalized spacial score (nSPS) is 11.1. The minimum atomic E-state index is 0.595. The molecule has 18 heavy (non-hydrogen) atoms. The first kappa shape index (κ1) is 12.9. The van der Waals surface area contributed by atoms with Crippen molar-refractivity contribution >= 4 is 0 Å². The van der Waals surface area contributed by atoms with Crippen LogP contribution in [-0.4, -0.2) is 0 Å². The van der Waals surface area contributed by atoms with E-state index in [1.165, 1.54) is 11.1 Å². The summed E-state index contributed by atoms with van der Waals surface area (Å²) in [6, 6.07) is 12.8. The fourth-order valence-electron chi connectivity index (χ4n) is 1.93. The van der Waals surface area contributed by atoms with Crippen molar-refractivity contribution in [3.05, 3.63) is 59.0 Å². The Morgan fingerprint density at radius 2 is 1.72 bits per heavy atom. The van der Waals surface area contributed by atoms with E-state index in [2.05, 4.69) is 43.4 Å². The highest BCUT2D eigenvalue weighted by Crippen LogP contribution is 2.14. The third-order valence-corrected chi connectivity index (χ3v) is 3.07. The molecule has 0 saturated heterocycles. The summed E-state index contributed by atoms with van der Waals surface area (Å²) < 4.78 is 5.51. The zero-order valence-corrected chi connectivity index (χ0v) is 11.4. The molecular formula is C16H21NO. The molecule has 2 nitrogen and oxygen atoms in total. The van der Waals surface area contributed by atoms with Gasteiger partial charge in [0.2, 0.25) is 0 Å². The molecular weight excluding hydrogens is 222 g/mol. The average molecular weight is 243 g/mol. The maximum absolute atomic E-state index is 5.51. The molecule has 0 aliphatic rings. The smallest absolute Gasteiger partial charge is 0.117 e. The third-order valence-electron chi connectivity index (χ3n) is 3.07. The second-order valence-electron chi connectivity index (χ2n) is 5.01. The van der Waals surface area contributed by atoms with E-state index in [4.69, 9.17) is 4.42 Å². The van der Waals surface area contributed by atoms with E-state index in [9.17, 15) is 0 Å². The maximum Gasteiger partial charge on any atom is 0.117 e. The Bertz CT molecular complexity index is 482. The number of hydrogen-bond acceptors (Lipinski definition) is 2. The Balaban J connectivity index is 1.83.